The molecular weight excluding hydrogens is 292 g/mol. The predicted molar refractivity (Wildman–Crippen MR) is 27.8 cm³/mol. The van der Waals surface area contributed by atoms with Gasteiger partial charge in [0.2, 0.25) is 0 Å². The zero-order valence-electron chi connectivity index (χ0n) is 5.12. The van der Waals surface area contributed by atoms with Crippen molar-refractivity contribution in [2.45, 2.75) is 0 Å². The van der Waals surface area contributed by atoms with E-state index in [1.54, 1.807) is 0 Å². The third kappa shape index (κ3) is 2520. The van der Waals surface area contributed by atoms with Crippen LogP contribution in [0.5, 0.6) is 0 Å². The van der Waals surface area contributed by atoms with E-state index < -0.39 is 0 Å². The van der Waals surface area contributed by atoms with Crippen LogP contribution in [0.25, 0.3) is 0 Å². The fourth-order valence-corrected chi connectivity index (χ4v) is 0. The molecule has 0 saturated carbocycles. The Kier molecular flexibility index (Phi) is 307. The molecule has 0 aromatic heterocycles. The van der Waals surface area contributed by atoms with Gasteiger partial charge in [-0.3, -0.25) is 0 Å². The van der Waals surface area contributed by atoms with E-state index >= 15 is 0 Å². The van der Waals surface area contributed by atoms with Gasteiger partial charge in [-0.15, -0.1) is 14.7 Å². The van der Waals surface area contributed by atoms with Crippen LogP contribution in [0.2, 0.25) is 0 Å². The Bertz CT molecular complexity index is 51.3. The Hall–Kier alpha value is -0.463. The van der Waals surface area contributed by atoms with E-state index in [2.05, 4.69) is 0 Å². The summed E-state index contributed by atoms with van der Waals surface area (Å²) in [5.74, 6) is 0. The van der Waals surface area contributed by atoms with Gasteiger partial charge in [0.1, 0.15) is 0 Å². The molecule has 0 unspecified atom stereocenters. The van der Waals surface area contributed by atoms with Crippen molar-refractivity contribution >= 4 is 0 Å². The second kappa shape index (κ2) is 108. The zero-order chi connectivity index (χ0) is 8.12. The van der Waals surface area contributed by atoms with Crippen molar-refractivity contribution in [3.05, 3.63) is 14.7 Å². The minimum atomic E-state index is 0. The fourth-order valence-electron chi connectivity index (χ4n) is 0. The van der Waals surface area contributed by atoms with Crippen molar-refractivity contribution in [1.82, 2.24) is 6.15 Å². The fraction of sp³-hybridized carbons (Fsp3) is 0. The minimum Gasteiger partial charge on any atom is -0.379 e. The van der Waals surface area contributed by atoms with Gasteiger partial charge in [-0.05, 0) is 0 Å². The van der Waals surface area contributed by atoms with Crippen LogP contribution in [0.1, 0.15) is 0 Å². The van der Waals surface area contributed by atoms with Crippen LogP contribution < -0.4 is 6.15 Å². The van der Waals surface area contributed by atoms with Crippen molar-refractivity contribution in [2.75, 3.05) is 0 Å². The average Bonchev–Trinajstić information content (AvgIpc) is 1.70. The molecule has 10 nitrogen and oxygen atoms in total. The van der Waals surface area contributed by atoms with Gasteiger partial charge in [0, 0.05) is 41.7 Å². The molecule has 0 spiro atoms. The number of nitrogens with zero attached hydrogens (tertiary/aromatic N) is 3. The predicted octanol–water partition coefficient (Wildman–Crippen LogP) is 0.588. The summed E-state index contributed by atoms with van der Waals surface area (Å²) in [7, 11) is 0. The van der Waals surface area contributed by atoms with Gasteiger partial charge in [-0.1, -0.05) is 0 Å². The molecule has 0 saturated heterocycles. The molecule has 11 heteroatoms. The van der Waals surface area contributed by atoms with Crippen molar-refractivity contribution in [3.8, 4) is 0 Å². The number of rotatable bonds is 0. The Morgan fingerprint density at radius 1 is 0.727 bits per heavy atom. The normalized spacial score (nSPS) is 3.27. The summed E-state index contributed by atoms with van der Waals surface area (Å²) in [5, 5.41) is 23.7. The van der Waals surface area contributed by atoms with Crippen LogP contribution >= 0.6 is 0 Å². The van der Waals surface area contributed by atoms with Gasteiger partial charge < -0.3 is 21.8 Å². The van der Waals surface area contributed by atoms with Gasteiger partial charge in [0.05, 0.1) is 0 Å². The van der Waals surface area contributed by atoms with Gasteiger partial charge >= 0.3 is 0 Å². The second-order valence-corrected chi connectivity index (χ2v) is 0.245. The molecular formula is H6CeN4O6. The monoisotopic (exact) mass is 298 g/mol. The van der Waals surface area contributed by atoms with E-state index in [1.165, 1.54) is 16.0 Å². The molecule has 66 valence electrons. The third-order valence-electron chi connectivity index (χ3n) is 0. The smallest absolute Gasteiger partial charge is 0.152 e. The zero-order valence-corrected chi connectivity index (χ0v) is 8.26. The summed E-state index contributed by atoms with van der Waals surface area (Å²) in [5.41, 5.74) is 0. The van der Waals surface area contributed by atoms with E-state index in [4.69, 9.17) is 30.3 Å². The summed E-state index contributed by atoms with van der Waals surface area (Å²) in [6.07, 6.45) is 0. The molecule has 0 rings (SSSR count). The number of hydrogen-bond donors (Lipinski definition) is 4. The van der Waals surface area contributed by atoms with Crippen LogP contribution in [-0.2, 0) is 0 Å². The van der Waals surface area contributed by atoms with E-state index in [1.807, 2.05) is 0 Å². The molecule has 0 atom stereocenters. The van der Waals surface area contributed by atoms with Crippen LogP contribution in [0.15, 0.2) is 16.0 Å². The maximum Gasteiger partial charge on any atom is 0.152 e. The van der Waals surface area contributed by atoms with Gasteiger partial charge in [-0.2, -0.15) is 0 Å². The molecule has 0 fully saturated rings. The van der Waals surface area contributed by atoms with Crippen molar-refractivity contribution in [1.29, 1.82) is 0 Å². The molecule has 0 heterocycles. The summed E-state index contributed by atoms with van der Waals surface area (Å²) in [6, 6.07) is 0. The first kappa shape index (κ1) is 31.3. The van der Waals surface area contributed by atoms with Gasteiger partial charge in [0.15, 0.2) is 16.0 Å². The molecule has 0 aromatic rings. The van der Waals surface area contributed by atoms with Crippen LogP contribution in [0, 0.1) is 56.5 Å². The summed E-state index contributed by atoms with van der Waals surface area (Å²) < 4.78 is 0. The Morgan fingerprint density at radius 3 is 0.727 bits per heavy atom. The first-order valence-corrected chi connectivity index (χ1v) is 1.15. The Balaban J connectivity index is -0.0000000150. The minimum absolute atomic E-state index is 0. The Labute approximate surface area is 93.7 Å². The molecule has 0 bridgehead atoms. The van der Waals surface area contributed by atoms with Crippen LogP contribution in [-0.4, -0.2) is 15.6 Å². The topological polar surface area (TPSA) is 184 Å². The maximum absolute atomic E-state index is 8.11. The molecule has 0 aliphatic carbocycles. The average molecular weight is 298 g/mol. The van der Waals surface area contributed by atoms with Gasteiger partial charge in [-0.25, -0.2) is 0 Å². The van der Waals surface area contributed by atoms with Gasteiger partial charge in [0.25, 0.3) is 0 Å². The van der Waals surface area contributed by atoms with Crippen LogP contribution in [0.4, 0.5) is 0 Å². The van der Waals surface area contributed by atoms with Crippen molar-refractivity contribution in [2.24, 2.45) is 16.0 Å². The quantitative estimate of drug-likeness (QED) is 0.372. The van der Waals surface area contributed by atoms with E-state index in [0.717, 1.165) is 0 Å². The first-order chi connectivity index (χ1) is 4.24. The molecule has 0 aliphatic heterocycles. The molecule has 0 radical (unpaired) electrons. The largest absolute Gasteiger partial charge is 0.379 e. The van der Waals surface area contributed by atoms with E-state index in [9.17, 15) is 0 Å². The third-order valence-corrected chi connectivity index (χ3v) is 0. The van der Waals surface area contributed by atoms with Crippen LogP contribution in [0.3, 0.4) is 0 Å². The maximum atomic E-state index is 8.11. The second-order valence-electron chi connectivity index (χ2n) is 0.245. The first-order valence-electron chi connectivity index (χ1n) is 1.15. The van der Waals surface area contributed by atoms with E-state index in [-0.39, 0.29) is 47.9 Å². The SMILES string of the molecule is N.O=NO.O=NO.O=NO.[Ce]. The standard InChI is InChI=1S/Ce.3HNO2.H3N/c;3*2-1-3;/h;3*(H,2,3);1H3. The molecule has 6 N–H and O–H groups in total. The molecule has 0 aliphatic rings. The Morgan fingerprint density at radius 2 is 0.727 bits per heavy atom. The summed E-state index contributed by atoms with van der Waals surface area (Å²) in [4.78, 5) is 24.3. The molecule has 0 amide bonds. The van der Waals surface area contributed by atoms with E-state index in [0.29, 0.717) is 0 Å². The molecule has 0 aromatic carbocycles. The van der Waals surface area contributed by atoms with Crippen molar-refractivity contribution in [3.63, 3.8) is 0 Å². The van der Waals surface area contributed by atoms with Crippen molar-refractivity contribution < 1.29 is 57.4 Å². The number of hydrogen-bond acceptors (Lipinski definition) is 7. The molecule has 11 heavy (non-hydrogen) atoms. The summed E-state index contributed by atoms with van der Waals surface area (Å²) in [6.45, 7) is 0. The summed E-state index contributed by atoms with van der Waals surface area (Å²) >= 11 is 0.